The number of hydrogen-bond donors (Lipinski definition) is 0. The lowest BCUT2D eigenvalue weighted by Crippen LogP contribution is -1.92. The van der Waals surface area contributed by atoms with Crippen LogP contribution in [0.25, 0.3) is 22.9 Å². The number of methoxy groups -OCH3 is 1. The molecule has 0 saturated heterocycles. The van der Waals surface area contributed by atoms with Crippen LogP contribution in [0.3, 0.4) is 0 Å². The highest BCUT2D eigenvalue weighted by molar-refractivity contribution is 7.11. The third kappa shape index (κ3) is 3.13. The van der Waals surface area contributed by atoms with E-state index in [1.807, 2.05) is 47.8 Å². The van der Waals surface area contributed by atoms with E-state index < -0.39 is 0 Å². The Balaban J connectivity index is 1.63. The zero-order valence-electron chi connectivity index (χ0n) is 13.9. The Morgan fingerprint density at radius 2 is 2.00 bits per heavy atom. The minimum atomic E-state index is 0.227. The van der Waals surface area contributed by atoms with Crippen molar-refractivity contribution in [2.75, 3.05) is 13.9 Å². The van der Waals surface area contributed by atoms with Gasteiger partial charge in [-0.1, -0.05) is 6.07 Å². The van der Waals surface area contributed by atoms with Gasteiger partial charge in [-0.3, -0.25) is 0 Å². The Labute approximate surface area is 154 Å². The number of thiazole rings is 1. The molecule has 0 bridgehead atoms. The van der Waals surface area contributed by atoms with Crippen LogP contribution in [0, 0.1) is 11.3 Å². The second-order valence-electron chi connectivity index (χ2n) is 5.55. The summed E-state index contributed by atoms with van der Waals surface area (Å²) in [6.07, 6.45) is 1.80. The lowest BCUT2D eigenvalue weighted by molar-refractivity contribution is 0.174. The molecule has 0 unspecified atom stereocenters. The van der Waals surface area contributed by atoms with Crippen molar-refractivity contribution in [3.8, 4) is 34.6 Å². The van der Waals surface area contributed by atoms with Crippen molar-refractivity contribution in [3.05, 3.63) is 58.4 Å². The Hall–Kier alpha value is -3.30. The van der Waals surface area contributed by atoms with Gasteiger partial charge >= 0.3 is 0 Å². The predicted molar refractivity (Wildman–Crippen MR) is 100 cm³/mol. The maximum atomic E-state index is 9.56. The number of nitrogens with zero attached hydrogens (tertiary/aromatic N) is 2. The van der Waals surface area contributed by atoms with E-state index in [4.69, 9.17) is 14.2 Å². The number of fused-ring (bicyclic) bond motifs is 1. The summed E-state index contributed by atoms with van der Waals surface area (Å²) in [6.45, 7) is 0.227. The van der Waals surface area contributed by atoms with Crippen molar-refractivity contribution < 1.29 is 14.2 Å². The first-order valence-corrected chi connectivity index (χ1v) is 8.76. The molecule has 0 aliphatic carbocycles. The van der Waals surface area contributed by atoms with E-state index in [-0.39, 0.29) is 6.79 Å². The van der Waals surface area contributed by atoms with E-state index >= 15 is 0 Å². The second-order valence-corrected chi connectivity index (χ2v) is 6.41. The molecular weight excluding hydrogens is 348 g/mol. The van der Waals surface area contributed by atoms with Gasteiger partial charge in [0.15, 0.2) is 11.5 Å². The van der Waals surface area contributed by atoms with E-state index in [2.05, 4.69) is 11.1 Å². The van der Waals surface area contributed by atoms with Gasteiger partial charge in [-0.25, -0.2) is 4.98 Å². The first-order valence-electron chi connectivity index (χ1n) is 7.88. The summed E-state index contributed by atoms with van der Waals surface area (Å²) in [5, 5.41) is 12.2. The highest BCUT2D eigenvalue weighted by Crippen LogP contribution is 2.34. The fourth-order valence-corrected chi connectivity index (χ4v) is 3.40. The van der Waals surface area contributed by atoms with Gasteiger partial charge in [0.05, 0.1) is 18.4 Å². The normalized spacial score (nSPS) is 12.7. The SMILES string of the molecule is COc1ccc(-c2csc(C(C#N)=Cc3ccc4c(c3)OCO4)n2)cc1. The van der Waals surface area contributed by atoms with Crippen LogP contribution in [0.4, 0.5) is 0 Å². The first-order chi connectivity index (χ1) is 12.8. The average Bonchev–Trinajstić information content (AvgIpc) is 3.35. The number of benzene rings is 2. The van der Waals surface area contributed by atoms with Crippen molar-refractivity contribution >= 4 is 23.0 Å². The van der Waals surface area contributed by atoms with Crippen molar-refractivity contribution in [3.63, 3.8) is 0 Å². The highest BCUT2D eigenvalue weighted by atomic mass is 32.1. The molecule has 5 nitrogen and oxygen atoms in total. The van der Waals surface area contributed by atoms with E-state index in [0.29, 0.717) is 16.3 Å². The summed E-state index contributed by atoms with van der Waals surface area (Å²) in [7, 11) is 1.63. The van der Waals surface area contributed by atoms with Crippen LogP contribution < -0.4 is 14.2 Å². The molecule has 1 aromatic heterocycles. The van der Waals surface area contributed by atoms with Gasteiger partial charge in [0.2, 0.25) is 6.79 Å². The third-order valence-electron chi connectivity index (χ3n) is 3.95. The maximum Gasteiger partial charge on any atom is 0.231 e. The molecule has 6 heteroatoms. The predicted octanol–water partition coefficient (Wildman–Crippen LogP) is 4.61. The van der Waals surface area contributed by atoms with Gasteiger partial charge in [-0.05, 0) is 48.0 Å². The standard InChI is InChI=1S/C20H14N2O3S/c1-23-16-5-3-14(4-6-16)17-11-26-20(22-17)15(10-21)8-13-2-7-18-19(9-13)25-12-24-18/h2-9,11H,12H2,1H3. The van der Waals surface area contributed by atoms with Crippen molar-refractivity contribution in [1.29, 1.82) is 5.26 Å². The smallest absolute Gasteiger partial charge is 0.231 e. The third-order valence-corrected chi connectivity index (χ3v) is 4.82. The minimum Gasteiger partial charge on any atom is -0.497 e. The topological polar surface area (TPSA) is 64.4 Å². The first kappa shape index (κ1) is 16.2. The number of ether oxygens (including phenoxy) is 3. The number of hydrogen-bond acceptors (Lipinski definition) is 6. The molecule has 0 radical (unpaired) electrons. The van der Waals surface area contributed by atoms with Crippen molar-refractivity contribution in [1.82, 2.24) is 4.98 Å². The number of allylic oxidation sites excluding steroid dienone is 1. The van der Waals surface area contributed by atoms with Crippen LogP contribution in [0.15, 0.2) is 47.8 Å². The van der Waals surface area contributed by atoms with Crippen LogP contribution in [0.2, 0.25) is 0 Å². The summed E-state index contributed by atoms with van der Waals surface area (Å²) in [5.41, 5.74) is 3.19. The molecular formula is C20H14N2O3S. The molecule has 0 N–H and O–H groups in total. The van der Waals surface area contributed by atoms with Crippen LogP contribution in [-0.2, 0) is 0 Å². The van der Waals surface area contributed by atoms with Crippen molar-refractivity contribution in [2.45, 2.75) is 0 Å². The summed E-state index contributed by atoms with van der Waals surface area (Å²) in [5.74, 6) is 2.20. The van der Waals surface area contributed by atoms with Gasteiger partial charge in [-0.2, -0.15) is 5.26 Å². The van der Waals surface area contributed by atoms with Crippen LogP contribution in [-0.4, -0.2) is 18.9 Å². The monoisotopic (exact) mass is 362 g/mol. The van der Waals surface area contributed by atoms with Crippen molar-refractivity contribution in [2.24, 2.45) is 0 Å². The summed E-state index contributed by atoms with van der Waals surface area (Å²) < 4.78 is 15.9. The van der Waals surface area contributed by atoms with Gasteiger partial charge in [0.1, 0.15) is 16.8 Å². The lowest BCUT2D eigenvalue weighted by atomic mass is 10.1. The lowest BCUT2D eigenvalue weighted by Gasteiger charge is -2.00. The molecule has 0 spiro atoms. The Bertz CT molecular complexity index is 1020. The fraction of sp³-hybridized carbons (Fsp3) is 0.100. The minimum absolute atomic E-state index is 0.227. The van der Waals surface area contributed by atoms with E-state index in [1.54, 1.807) is 13.2 Å². The Morgan fingerprint density at radius 3 is 2.77 bits per heavy atom. The molecule has 1 aliphatic heterocycles. The Morgan fingerprint density at radius 1 is 1.19 bits per heavy atom. The molecule has 1 aliphatic rings. The van der Waals surface area contributed by atoms with Gasteiger partial charge in [-0.15, -0.1) is 11.3 Å². The molecule has 3 aromatic rings. The highest BCUT2D eigenvalue weighted by Gasteiger charge is 2.14. The molecule has 2 aromatic carbocycles. The van der Waals surface area contributed by atoms with Crippen LogP contribution in [0.5, 0.6) is 17.2 Å². The quantitative estimate of drug-likeness (QED) is 0.634. The Kier molecular flexibility index (Phi) is 4.30. The zero-order valence-corrected chi connectivity index (χ0v) is 14.7. The van der Waals surface area contributed by atoms with Gasteiger partial charge < -0.3 is 14.2 Å². The molecule has 0 amide bonds. The van der Waals surface area contributed by atoms with Crippen LogP contribution in [0.1, 0.15) is 10.6 Å². The number of rotatable bonds is 4. The number of nitriles is 1. The number of aromatic nitrogens is 1. The average molecular weight is 362 g/mol. The van der Waals surface area contributed by atoms with Gasteiger partial charge in [0.25, 0.3) is 0 Å². The van der Waals surface area contributed by atoms with Gasteiger partial charge in [0, 0.05) is 10.9 Å². The zero-order chi connectivity index (χ0) is 17.9. The molecule has 2 heterocycles. The van der Waals surface area contributed by atoms with E-state index in [1.165, 1.54) is 11.3 Å². The fourth-order valence-electron chi connectivity index (χ4n) is 2.60. The van der Waals surface area contributed by atoms with E-state index in [0.717, 1.165) is 28.3 Å². The molecule has 26 heavy (non-hydrogen) atoms. The molecule has 0 saturated carbocycles. The molecule has 0 fully saturated rings. The molecule has 4 rings (SSSR count). The molecule has 0 atom stereocenters. The van der Waals surface area contributed by atoms with E-state index in [9.17, 15) is 5.26 Å². The summed E-state index contributed by atoms with van der Waals surface area (Å²) in [4.78, 5) is 4.61. The second kappa shape index (κ2) is 6.90. The molecule has 128 valence electrons. The van der Waals surface area contributed by atoms with Crippen LogP contribution >= 0.6 is 11.3 Å². The summed E-state index contributed by atoms with van der Waals surface area (Å²) in [6, 6.07) is 15.5. The largest absolute Gasteiger partial charge is 0.497 e. The maximum absolute atomic E-state index is 9.56. The summed E-state index contributed by atoms with van der Waals surface area (Å²) >= 11 is 1.44.